The zero-order valence-corrected chi connectivity index (χ0v) is 18.3. The van der Waals surface area contributed by atoms with E-state index in [1.165, 1.54) is 12.1 Å². The van der Waals surface area contributed by atoms with E-state index in [0.29, 0.717) is 56.6 Å². The maximum absolute atomic E-state index is 13.5. The number of piperidine rings is 1. The van der Waals surface area contributed by atoms with Crippen LogP contribution in [0.2, 0.25) is 0 Å². The lowest BCUT2D eigenvalue weighted by molar-refractivity contribution is -0.155. The summed E-state index contributed by atoms with van der Waals surface area (Å²) in [7, 11) is 0. The topological polar surface area (TPSA) is 80.0 Å². The van der Waals surface area contributed by atoms with Crippen LogP contribution in [0.4, 0.5) is 4.39 Å². The summed E-state index contributed by atoms with van der Waals surface area (Å²) in [5, 5.41) is 18.6. The molecule has 2 aromatic rings. The molecule has 3 heterocycles. The van der Waals surface area contributed by atoms with Gasteiger partial charge in [0.15, 0.2) is 0 Å². The summed E-state index contributed by atoms with van der Waals surface area (Å²) in [5.74, 6) is -1.11. The minimum atomic E-state index is -0.837. The van der Waals surface area contributed by atoms with Crippen LogP contribution in [0.5, 0.6) is 0 Å². The van der Waals surface area contributed by atoms with Gasteiger partial charge in [-0.15, -0.1) is 6.58 Å². The third-order valence-corrected chi connectivity index (χ3v) is 6.68. The number of hydrogen-bond donors (Lipinski definition) is 1. The summed E-state index contributed by atoms with van der Waals surface area (Å²) in [5.41, 5.74) is 2.78. The molecule has 0 bridgehead atoms. The molecule has 2 aliphatic rings. The van der Waals surface area contributed by atoms with E-state index in [1.54, 1.807) is 12.1 Å². The number of oxime groups is 1. The summed E-state index contributed by atoms with van der Waals surface area (Å²) >= 11 is 0. The quantitative estimate of drug-likeness (QED) is 0.632. The fourth-order valence-corrected chi connectivity index (χ4v) is 4.64. The number of nitrogens with zero attached hydrogens (tertiary/aromatic N) is 4. The third-order valence-electron chi connectivity index (χ3n) is 6.68. The first-order valence-corrected chi connectivity index (χ1v) is 11.0. The third kappa shape index (κ3) is 4.60. The molecule has 170 valence electrons. The van der Waals surface area contributed by atoms with E-state index in [-0.39, 0.29) is 11.9 Å². The van der Waals surface area contributed by atoms with E-state index in [1.807, 2.05) is 23.9 Å². The molecular weight excluding hydrogens is 411 g/mol. The van der Waals surface area contributed by atoms with Gasteiger partial charge in [0.2, 0.25) is 0 Å². The zero-order chi connectivity index (χ0) is 22.7. The number of carbonyl (C=O) groups is 1. The molecule has 0 aliphatic carbocycles. The van der Waals surface area contributed by atoms with E-state index in [4.69, 9.17) is 4.84 Å². The monoisotopic (exact) mass is 440 g/mol. The maximum atomic E-state index is 13.5. The zero-order valence-electron chi connectivity index (χ0n) is 18.3. The van der Waals surface area contributed by atoms with Crippen LogP contribution in [0.25, 0.3) is 0 Å². The molecule has 0 spiro atoms. The van der Waals surface area contributed by atoms with Crippen molar-refractivity contribution in [3.05, 3.63) is 65.8 Å². The van der Waals surface area contributed by atoms with Crippen molar-refractivity contribution in [2.24, 2.45) is 10.6 Å². The number of aliphatic carboxylic acids is 1. The van der Waals surface area contributed by atoms with Crippen molar-refractivity contribution in [2.45, 2.75) is 51.8 Å². The van der Waals surface area contributed by atoms with Gasteiger partial charge in [-0.05, 0) is 45.0 Å². The Hall–Kier alpha value is -3.00. The van der Waals surface area contributed by atoms with E-state index < -0.39 is 11.4 Å². The van der Waals surface area contributed by atoms with Gasteiger partial charge in [-0.1, -0.05) is 23.4 Å². The van der Waals surface area contributed by atoms with Gasteiger partial charge in [-0.25, -0.2) is 4.39 Å². The van der Waals surface area contributed by atoms with Crippen molar-refractivity contribution >= 4 is 11.7 Å². The summed E-state index contributed by atoms with van der Waals surface area (Å²) in [6.45, 7) is 8.63. The normalized spacial score (nSPS) is 20.6. The Morgan fingerprint density at radius 1 is 1.41 bits per heavy atom. The molecule has 0 unspecified atom stereocenters. The number of carboxylic acid groups (broad SMARTS) is 1. The summed E-state index contributed by atoms with van der Waals surface area (Å²) < 4.78 is 15.4. The highest BCUT2D eigenvalue weighted by Gasteiger charge is 2.45. The average Bonchev–Trinajstić information content (AvgIpc) is 3.37. The van der Waals surface area contributed by atoms with Crippen molar-refractivity contribution < 1.29 is 19.1 Å². The predicted molar refractivity (Wildman–Crippen MR) is 119 cm³/mol. The fraction of sp³-hybridized carbons (Fsp3) is 0.458. The first-order valence-electron chi connectivity index (χ1n) is 11.0. The van der Waals surface area contributed by atoms with E-state index in [9.17, 15) is 14.3 Å². The highest BCUT2D eigenvalue weighted by Crippen LogP contribution is 2.39. The van der Waals surface area contributed by atoms with Crippen LogP contribution >= 0.6 is 0 Å². The number of rotatable bonds is 8. The molecule has 1 N–H and O–H groups in total. The molecule has 1 saturated heterocycles. The van der Waals surface area contributed by atoms with E-state index in [0.717, 1.165) is 17.8 Å². The number of hydrogen-bond acceptors (Lipinski definition) is 5. The van der Waals surface area contributed by atoms with Crippen molar-refractivity contribution in [1.29, 1.82) is 0 Å². The van der Waals surface area contributed by atoms with E-state index >= 15 is 0 Å². The molecular formula is C24H29FN4O3. The summed E-state index contributed by atoms with van der Waals surface area (Å²) in [6, 6.07) is 6.24. The fourth-order valence-electron chi connectivity index (χ4n) is 4.64. The molecule has 7 nitrogen and oxygen atoms in total. The van der Waals surface area contributed by atoms with Crippen molar-refractivity contribution in [3.63, 3.8) is 0 Å². The summed E-state index contributed by atoms with van der Waals surface area (Å²) in [4.78, 5) is 20.1. The second kappa shape index (κ2) is 9.24. The smallest absolute Gasteiger partial charge is 0.309 e. The first kappa shape index (κ1) is 22.2. The van der Waals surface area contributed by atoms with Crippen molar-refractivity contribution in [2.75, 3.05) is 13.1 Å². The second-order valence-electron chi connectivity index (χ2n) is 8.77. The number of likely N-dealkylation sites (tertiary alicyclic amines) is 1. The molecule has 32 heavy (non-hydrogen) atoms. The lowest BCUT2D eigenvalue weighted by Gasteiger charge is -2.39. The SMILES string of the molecule is C=CCn1ncc(CN2CCC(C[C@@H]3CC(c4cccc(F)c4)=NO3)(C(=O)O)CC2)c1C. The Bertz CT molecular complexity index is 1020. The number of carboxylic acids is 1. The van der Waals surface area contributed by atoms with Gasteiger partial charge in [-0.2, -0.15) is 5.10 Å². The second-order valence-corrected chi connectivity index (χ2v) is 8.77. The van der Waals surface area contributed by atoms with Gasteiger partial charge in [0.25, 0.3) is 0 Å². The molecule has 1 fully saturated rings. The minimum absolute atomic E-state index is 0.310. The van der Waals surface area contributed by atoms with Gasteiger partial charge >= 0.3 is 5.97 Å². The Kier molecular flexibility index (Phi) is 6.41. The summed E-state index contributed by atoms with van der Waals surface area (Å²) in [6.07, 6.45) is 5.39. The van der Waals surface area contributed by atoms with Crippen LogP contribution in [0.1, 0.15) is 42.5 Å². The highest BCUT2D eigenvalue weighted by atomic mass is 19.1. The van der Waals surface area contributed by atoms with Crippen LogP contribution in [-0.2, 0) is 22.7 Å². The van der Waals surface area contributed by atoms with E-state index in [2.05, 4.69) is 21.7 Å². The van der Waals surface area contributed by atoms with Gasteiger partial charge in [0.05, 0.1) is 23.9 Å². The highest BCUT2D eigenvalue weighted by molar-refractivity contribution is 6.01. The Morgan fingerprint density at radius 3 is 2.88 bits per heavy atom. The molecule has 2 aliphatic heterocycles. The number of halogens is 1. The molecule has 0 saturated carbocycles. The number of benzene rings is 1. The van der Waals surface area contributed by atoms with Crippen LogP contribution in [0.15, 0.2) is 48.3 Å². The Labute approximate surface area is 187 Å². The lowest BCUT2D eigenvalue weighted by atomic mass is 9.73. The standard InChI is InChI=1S/C24H29FN4O3/c1-3-9-29-17(2)19(15-26-29)16-28-10-7-24(8-11-28,23(30)31)14-21-13-22(27-32-21)18-5-4-6-20(25)12-18/h3-6,12,15,21H,1,7-11,13-14,16H2,2H3,(H,30,31)/t21-/m0/s1. The largest absolute Gasteiger partial charge is 0.481 e. The first-order chi connectivity index (χ1) is 15.4. The molecule has 1 aromatic carbocycles. The molecule has 8 heteroatoms. The van der Waals surface area contributed by atoms with Crippen LogP contribution < -0.4 is 0 Å². The van der Waals surface area contributed by atoms with Crippen LogP contribution in [-0.4, -0.2) is 50.7 Å². The molecule has 0 amide bonds. The van der Waals surface area contributed by atoms with Gasteiger partial charge in [0.1, 0.15) is 11.9 Å². The number of allylic oxidation sites excluding steroid dienone is 1. The van der Waals surface area contributed by atoms with Gasteiger partial charge in [0, 0.05) is 36.2 Å². The van der Waals surface area contributed by atoms with Crippen LogP contribution in [0, 0.1) is 18.2 Å². The maximum Gasteiger partial charge on any atom is 0.309 e. The van der Waals surface area contributed by atoms with Gasteiger partial charge < -0.3 is 9.94 Å². The lowest BCUT2D eigenvalue weighted by Crippen LogP contribution is -2.45. The predicted octanol–water partition coefficient (Wildman–Crippen LogP) is 3.77. The van der Waals surface area contributed by atoms with Crippen molar-refractivity contribution in [3.8, 4) is 0 Å². The van der Waals surface area contributed by atoms with Crippen molar-refractivity contribution in [1.82, 2.24) is 14.7 Å². The molecule has 1 atom stereocenters. The molecule has 4 rings (SSSR count). The Morgan fingerprint density at radius 2 is 2.19 bits per heavy atom. The Balaban J connectivity index is 1.36. The van der Waals surface area contributed by atoms with Crippen LogP contribution in [0.3, 0.4) is 0 Å². The minimum Gasteiger partial charge on any atom is -0.481 e. The number of aromatic nitrogens is 2. The average molecular weight is 441 g/mol. The molecule has 0 radical (unpaired) electrons. The van der Waals surface area contributed by atoms with Gasteiger partial charge in [-0.3, -0.25) is 14.4 Å². The molecule has 1 aromatic heterocycles.